The molecule has 0 saturated carbocycles. The van der Waals surface area contributed by atoms with Gasteiger partial charge in [-0.05, 0) is 66.2 Å². The van der Waals surface area contributed by atoms with Gasteiger partial charge in [-0.25, -0.2) is 8.42 Å². The molecule has 3 aromatic rings. The smallest absolute Gasteiger partial charge is 0.261 e. The van der Waals surface area contributed by atoms with Crippen LogP contribution in [-0.4, -0.2) is 35.2 Å². The Labute approximate surface area is 187 Å². The summed E-state index contributed by atoms with van der Waals surface area (Å²) in [5.74, 6) is 1.46. The minimum Gasteiger partial charge on any atom is -0.497 e. The summed E-state index contributed by atoms with van der Waals surface area (Å²) >= 11 is 0. The maximum absolute atomic E-state index is 12.5. The Balaban J connectivity index is 1.50. The second kappa shape index (κ2) is 10.5. The van der Waals surface area contributed by atoms with Gasteiger partial charge in [0, 0.05) is 12.2 Å². The normalized spacial score (nSPS) is 10.8. The number of amides is 1. The molecule has 1 amide bonds. The van der Waals surface area contributed by atoms with Crippen LogP contribution in [0.5, 0.6) is 17.2 Å². The second-order valence-corrected chi connectivity index (χ2v) is 8.40. The van der Waals surface area contributed by atoms with E-state index in [0.717, 1.165) is 11.3 Å². The Bertz CT molecular complexity index is 1130. The van der Waals surface area contributed by atoms with Gasteiger partial charge >= 0.3 is 0 Å². The number of nitrogens with one attached hydrogen (secondary N) is 2. The summed E-state index contributed by atoms with van der Waals surface area (Å²) in [6, 6.07) is 19.7. The van der Waals surface area contributed by atoms with Crippen molar-refractivity contribution in [2.45, 2.75) is 11.4 Å². The molecule has 3 rings (SSSR count). The van der Waals surface area contributed by atoms with E-state index >= 15 is 0 Å². The lowest BCUT2D eigenvalue weighted by Crippen LogP contribution is -2.28. The minimum absolute atomic E-state index is 0.0737. The third-order valence-electron chi connectivity index (χ3n) is 4.49. The van der Waals surface area contributed by atoms with Crippen molar-refractivity contribution in [2.24, 2.45) is 0 Å². The molecular formula is C23H24N2O6S. The van der Waals surface area contributed by atoms with Gasteiger partial charge in [-0.1, -0.05) is 12.1 Å². The van der Waals surface area contributed by atoms with Gasteiger partial charge in [0.15, 0.2) is 6.61 Å². The third kappa shape index (κ3) is 6.39. The fourth-order valence-corrected chi connectivity index (χ4v) is 3.79. The van der Waals surface area contributed by atoms with Crippen LogP contribution in [0.25, 0.3) is 0 Å². The summed E-state index contributed by atoms with van der Waals surface area (Å²) in [6.07, 6.45) is 0. The highest BCUT2D eigenvalue weighted by molar-refractivity contribution is 7.92. The van der Waals surface area contributed by atoms with Crippen molar-refractivity contribution in [3.05, 3.63) is 78.4 Å². The molecule has 0 aliphatic heterocycles. The number of sulfonamides is 1. The summed E-state index contributed by atoms with van der Waals surface area (Å²) in [5, 5.41) is 2.76. The summed E-state index contributed by atoms with van der Waals surface area (Å²) in [5.41, 5.74) is 1.35. The van der Waals surface area contributed by atoms with Gasteiger partial charge in [-0.3, -0.25) is 9.52 Å². The van der Waals surface area contributed by atoms with Crippen LogP contribution in [-0.2, 0) is 21.4 Å². The first-order valence-electron chi connectivity index (χ1n) is 9.69. The molecule has 0 bridgehead atoms. The first kappa shape index (κ1) is 23.0. The number of hydrogen-bond acceptors (Lipinski definition) is 6. The van der Waals surface area contributed by atoms with E-state index in [1.54, 1.807) is 31.4 Å². The quantitative estimate of drug-likeness (QED) is 0.486. The van der Waals surface area contributed by atoms with Gasteiger partial charge in [0.25, 0.3) is 15.9 Å². The number of anilines is 1. The van der Waals surface area contributed by atoms with E-state index in [-0.39, 0.29) is 17.4 Å². The van der Waals surface area contributed by atoms with Crippen molar-refractivity contribution >= 4 is 21.6 Å². The summed E-state index contributed by atoms with van der Waals surface area (Å²) in [6.45, 7) is 0.173. The number of carbonyl (C=O) groups excluding carboxylic acids is 1. The fraction of sp³-hybridized carbons (Fsp3) is 0.174. The van der Waals surface area contributed by atoms with Gasteiger partial charge in [-0.2, -0.15) is 0 Å². The van der Waals surface area contributed by atoms with Crippen LogP contribution in [0.2, 0.25) is 0 Å². The molecule has 2 N–H and O–H groups in total. The zero-order chi connectivity index (χ0) is 23.0. The Kier molecular flexibility index (Phi) is 7.56. The maximum Gasteiger partial charge on any atom is 0.261 e. The third-order valence-corrected chi connectivity index (χ3v) is 5.89. The molecule has 0 aromatic heterocycles. The maximum atomic E-state index is 12.5. The zero-order valence-corrected chi connectivity index (χ0v) is 18.5. The van der Waals surface area contributed by atoms with Crippen LogP contribution < -0.4 is 24.2 Å². The van der Waals surface area contributed by atoms with Crippen LogP contribution in [0.4, 0.5) is 5.69 Å². The van der Waals surface area contributed by atoms with E-state index in [1.807, 2.05) is 24.3 Å². The lowest BCUT2D eigenvalue weighted by molar-refractivity contribution is -0.123. The Morgan fingerprint density at radius 2 is 1.31 bits per heavy atom. The van der Waals surface area contributed by atoms with E-state index in [9.17, 15) is 13.2 Å². The van der Waals surface area contributed by atoms with Gasteiger partial charge in [0.1, 0.15) is 17.2 Å². The van der Waals surface area contributed by atoms with Crippen LogP contribution >= 0.6 is 0 Å². The van der Waals surface area contributed by atoms with E-state index in [1.165, 1.54) is 31.4 Å². The van der Waals surface area contributed by atoms with Crippen LogP contribution in [0, 0.1) is 0 Å². The van der Waals surface area contributed by atoms with E-state index in [0.29, 0.717) is 23.7 Å². The van der Waals surface area contributed by atoms with Crippen molar-refractivity contribution in [1.29, 1.82) is 0 Å². The number of ether oxygens (including phenoxy) is 3. The predicted molar refractivity (Wildman–Crippen MR) is 121 cm³/mol. The van der Waals surface area contributed by atoms with E-state index in [2.05, 4.69) is 10.0 Å². The molecule has 32 heavy (non-hydrogen) atoms. The SMILES string of the molecule is COc1ccc(CNC(=O)COc2ccc(S(=O)(=O)Nc3ccc(OC)cc3)cc2)cc1. The average Bonchev–Trinajstić information content (AvgIpc) is 2.82. The lowest BCUT2D eigenvalue weighted by Gasteiger charge is -2.10. The molecule has 0 heterocycles. The standard InChI is InChI=1S/C23H24N2O6S/c1-29-19-7-3-17(4-8-19)15-24-23(26)16-31-21-11-13-22(14-12-21)32(27,28)25-18-5-9-20(30-2)10-6-18/h3-14,25H,15-16H2,1-2H3,(H,24,26). The summed E-state index contributed by atoms with van der Waals surface area (Å²) in [7, 11) is -0.634. The average molecular weight is 457 g/mol. The minimum atomic E-state index is -3.76. The van der Waals surface area contributed by atoms with E-state index < -0.39 is 10.0 Å². The van der Waals surface area contributed by atoms with Crippen molar-refractivity contribution in [3.63, 3.8) is 0 Å². The van der Waals surface area contributed by atoms with Crippen LogP contribution in [0.15, 0.2) is 77.7 Å². The first-order valence-corrected chi connectivity index (χ1v) is 11.2. The topological polar surface area (TPSA) is 103 Å². The Morgan fingerprint density at radius 1 is 0.781 bits per heavy atom. The van der Waals surface area contributed by atoms with Crippen molar-refractivity contribution in [1.82, 2.24) is 5.32 Å². The van der Waals surface area contributed by atoms with Crippen molar-refractivity contribution in [2.75, 3.05) is 25.5 Å². The van der Waals surface area contributed by atoms with Gasteiger partial charge in [0.05, 0.1) is 19.1 Å². The molecule has 0 radical (unpaired) electrons. The van der Waals surface area contributed by atoms with E-state index in [4.69, 9.17) is 14.2 Å². The number of hydrogen-bond donors (Lipinski definition) is 2. The number of carbonyl (C=O) groups is 1. The molecule has 9 heteroatoms. The number of rotatable bonds is 10. The molecule has 3 aromatic carbocycles. The molecule has 0 unspecified atom stereocenters. The molecule has 0 atom stereocenters. The zero-order valence-electron chi connectivity index (χ0n) is 17.7. The fourth-order valence-electron chi connectivity index (χ4n) is 2.73. The highest BCUT2D eigenvalue weighted by atomic mass is 32.2. The monoisotopic (exact) mass is 456 g/mol. The molecule has 8 nitrogen and oxygen atoms in total. The first-order chi connectivity index (χ1) is 15.4. The molecule has 0 aliphatic carbocycles. The van der Waals surface area contributed by atoms with Crippen LogP contribution in [0.3, 0.4) is 0 Å². The molecule has 0 fully saturated rings. The lowest BCUT2D eigenvalue weighted by atomic mass is 10.2. The van der Waals surface area contributed by atoms with Gasteiger partial charge < -0.3 is 19.5 Å². The second-order valence-electron chi connectivity index (χ2n) is 6.72. The van der Waals surface area contributed by atoms with Crippen LogP contribution in [0.1, 0.15) is 5.56 Å². The molecular weight excluding hydrogens is 432 g/mol. The molecule has 168 valence electrons. The highest BCUT2D eigenvalue weighted by Crippen LogP contribution is 2.21. The summed E-state index contributed by atoms with van der Waals surface area (Å²) in [4.78, 5) is 12.1. The van der Waals surface area contributed by atoms with Gasteiger partial charge in [-0.15, -0.1) is 0 Å². The van der Waals surface area contributed by atoms with Gasteiger partial charge in [0.2, 0.25) is 0 Å². The number of benzene rings is 3. The van der Waals surface area contributed by atoms with Crippen molar-refractivity contribution in [3.8, 4) is 17.2 Å². The van der Waals surface area contributed by atoms with Crippen molar-refractivity contribution < 1.29 is 27.4 Å². The predicted octanol–water partition coefficient (Wildman–Crippen LogP) is 3.20. The molecule has 0 aliphatic rings. The molecule has 0 spiro atoms. The molecule has 0 saturated heterocycles. The highest BCUT2D eigenvalue weighted by Gasteiger charge is 2.14. The number of methoxy groups -OCH3 is 2. The summed E-state index contributed by atoms with van der Waals surface area (Å²) < 4.78 is 43.2. The Morgan fingerprint density at radius 3 is 1.88 bits per heavy atom. The Hall–Kier alpha value is -3.72. The largest absolute Gasteiger partial charge is 0.497 e.